The number of hydrogen-bond donors (Lipinski definition) is 3. The van der Waals surface area contributed by atoms with Crippen LogP contribution in [0.3, 0.4) is 0 Å². The van der Waals surface area contributed by atoms with Crippen LogP contribution in [0.1, 0.15) is 40.5 Å². The van der Waals surface area contributed by atoms with Crippen molar-refractivity contribution in [3.63, 3.8) is 0 Å². The summed E-state index contributed by atoms with van der Waals surface area (Å²) in [6.45, 7) is 8.28. The first-order valence-electron chi connectivity index (χ1n) is 11.3. The van der Waals surface area contributed by atoms with Crippen LogP contribution in [0, 0.1) is 9.49 Å². The molecule has 0 saturated carbocycles. The van der Waals surface area contributed by atoms with Crippen LogP contribution in [0.2, 0.25) is 0 Å². The number of nitrogens with one attached hydrogen (secondary N) is 1. The van der Waals surface area contributed by atoms with Crippen LogP contribution >= 0.6 is 22.6 Å². The summed E-state index contributed by atoms with van der Waals surface area (Å²) in [4.78, 5) is 27.6. The third-order valence-electron chi connectivity index (χ3n) is 5.36. The monoisotopic (exact) mass is 570 g/mol. The Morgan fingerprint density at radius 3 is 2.61 bits per heavy atom. The Balaban J connectivity index is 2.42. The van der Waals surface area contributed by atoms with Gasteiger partial charge in [-0.2, -0.15) is 0 Å². The van der Waals surface area contributed by atoms with Crippen molar-refractivity contribution in [3.05, 3.63) is 51.1 Å². The fraction of sp³-hybridized carbons (Fsp3) is 0.520. The SMILES string of the molecule is CC(C)=CC(=O)N(CCC(C)C)C1CC(C(=O)NCCO)=CC(Oc2ccccc2I)C1O. The number of para-hydroxylation sites is 1. The van der Waals surface area contributed by atoms with E-state index in [4.69, 9.17) is 9.84 Å². The van der Waals surface area contributed by atoms with Gasteiger partial charge < -0.3 is 25.2 Å². The van der Waals surface area contributed by atoms with Gasteiger partial charge in [0.1, 0.15) is 18.0 Å². The van der Waals surface area contributed by atoms with E-state index < -0.39 is 18.2 Å². The minimum atomic E-state index is -1.02. The molecule has 33 heavy (non-hydrogen) atoms. The van der Waals surface area contributed by atoms with Crippen LogP contribution in [-0.2, 0) is 9.59 Å². The highest BCUT2D eigenvalue weighted by Gasteiger charge is 2.40. The molecule has 1 aromatic rings. The first-order chi connectivity index (χ1) is 15.6. The summed E-state index contributed by atoms with van der Waals surface area (Å²) in [7, 11) is 0. The van der Waals surface area contributed by atoms with Gasteiger partial charge >= 0.3 is 0 Å². The van der Waals surface area contributed by atoms with E-state index in [-0.39, 0.29) is 31.4 Å². The maximum absolute atomic E-state index is 13.1. The van der Waals surface area contributed by atoms with Crippen LogP contribution < -0.4 is 10.1 Å². The molecule has 1 aliphatic carbocycles. The van der Waals surface area contributed by atoms with Gasteiger partial charge in [0.2, 0.25) is 11.8 Å². The lowest BCUT2D eigenvalue weighted by Crippen LogP contribution is -2.55. The number of aliphatic hydroxyl groups is 2. The topological polar surface area (TPSA) is 99.1 Å². The number of amides is 2. The number of carbonyl (C=O) groups excluding carboxylic acids is 2. The Kier molecular flexibility index (Phi) is 10.9. The van der Waals surface area contributed by atoms with Gasteiger partial charge in [-0.25, -0.2) is 0 Å². The summed E-state index contributed by atoms with van der Waals surface area (Å²) in [5.74, 6) is 0.438. The second kappa shape index (κ2) is 13.1. The number of ether oxygens (including phenoxy) is 1. The Bertz CT molecular complexity index is 879. The first-order valence-corrected chi connectivity index (χ1v) is 12.4. The standard InChI is InChI=1S/C25H35IN2O5/c1-16(2)9-11-28(23(30)13-17(3)4)20-14-18(25(32)27-10-12-29)15-22(24(20)31)33-21-8-6-5-7-19(21)26/h5-8,13,15-16,20,22,24,29,31H,9-12,14H2,1-4H3,(H,27,32). The third kappa shape index (κ3) is 8.12. The molecule has 0 aromatic heterocycles. The Morgan fingerprint density at radius 2 is 2.00 bits per heavy atom. The molecule has 0 fully saturated rings. The minimum Gasteiger partial charge on any atom is -0.482 e. The quantitative estimate of drug-likeness (QED) is 0.297. The van der Waals surface area contributed by atoms with E-state index in [0.29, 0.717) is 23.8 Å². The molecule has 0 radical (unpaired) electrons. The lowest BCUT2D eigenvalue weighted by molar-refractivity contribution is -0.133. The van der Waals surface area contributed by atoms with Gasteiger partial charge in [0.15, 0.2) is 0 Å². The van der Waals surface area contributed by atoms with Crippen LogP contribution in [0.15, 0.2) is 47.6 Å². The molecule has 7 nitrogen and oxygen atoms in total. The van der Waals surface area contributed by atoms with Gasteiger partial charge in [-0.15, -0.1) is 0 Å². The Labute approximate surface area is 210 Å². The van der Waals surface area contributed by atoms with E-state index in [9.17, 15) is 14.7 Å². The van der Waals surface area contributed by atoms with E-state index in [1.54, 1.807) is 17.1 Å². The zero-order valence-corrected chi connectivity index (χ0v) is 21.9. The molecule has 8 heteroatoms. The van der Waals surface area contributed by atoms with E-state index >= 15 is 0 Å². The number of hydrogen-bond acceptors (Lipinski definition) is 5. The summed E-state index contributed by atoms with van der Waals surface area (Å²) < 4.78 is 7.01. The summed E-state index contributed by atoms with van der Waals surface area (Å²) in [5.41, 5.74) is 1.29. The van der Waals surface area contributed by atoms with Crippen molar-refractivity contribution in [2.45, 2.75) is 58.8 Å². The molecule has 3 atom stereocenters. The fourth-order valence-electron chi connectivity index (χ4n) is 3.63. The lowest BCUT2D eigenvalue weighted by Gasteiger charge is -2.40. The van der Waals surface area contributed by atoms with Crippen molar-refractivity contribution in [3.8, 4) is 5.75 Å². The van der Waals surface area contributed by atoms with Crippen molar-refractivity contribution >= 4 is 34.4 Å². The summed E-state index contributed by atoms with van der Waals surface area (Å²) in [6.07, 6.45) is 2.33. The summed E-state index contributed by atoms with van der Waals surface area (Å²) in [6, 6.07) is 6.81. The van der Waals surface area contributed by atoms with Gasteiger partial charge in [-0.1, -0.05) is 31.6 Å². The van der Waals surface area contributed by atoms with Gasteiger partial charge in [0, 0.05) is 31.2 Å². The molecule has 0 spiro atoms. The molecule has 182 valence electrons. The molecule has 3 N–H and O–H groups in total. The molecular formula is C25H35IN2O5. The number of halogens is 1. The second-order valence-corrected chi connectivity index (χ2v) is 10.0. The molecule has 1 aliphatic rings. The van der Waals surface area contributed by atoms with Crippen LogP contribution in [-0.4, -0.2) is 64.9 Å². The molecule has 0 aliphatic heterocycles. The van der Waals surface area contributed by atoms with E-state index in [2.05, 4.69) is 41.8 Å². The molecular weight excluding hydrogens is 535 g/mol. The number of benzene rings is 1. The highest BCUT2D eigenvalue weighted by molar-refractivity contribution is 14.1. The number of carbonyl (C=O) groups is 2. The Hall–Kier alpha value is -1.91. The van der Waals surface area contributed by atoms with Gasteiger partial charge in [0.25, 0.3) is 0 Å². The zero-order chi connectivity index (χ0) is 24.5. The predicted octanol–water partition coefficient (Wildman–Crippen LogP) is 3.05. The minimum absolute atomic E-state index is 0.124. The van der Waals surface area contributed by atoms with E-state index in [1.165, 1.54) is 0 Å². The average Bonchev–Trinajstić information content (AvgIpc) is 2.75. The van der Waals surface area contributed by atoms with E-state index in [0.717, 1.165) is 15.6 Å². The zero-order valence-electron chi connectivity index (χ0n) is 19.8. The molecule has 0 heterocycles. The summed E-state index contributed by atoms with van der Waals surface area (Å²) in [5, 5.41) is 23.1. The smallest absolute Gasteiger partial charge is 0.247 e. The van der Waals surface area contributed by atoms with Crippen molar-refractivity contribution < 1.29 is 24.5 Å². The maximum Gasteiger partial charge on any atom is 0.247 e. The molecule has 1 aromatic carbocycles. The normalized spacial score (nSPS) is 20.1. The fourth-order valence-corrected chi connectivity index (χ4v) is 4.15. The molecule has 2 rings (SSSR count). The number of rotatable bonds is 10. The number of allylic oxidation sites excluding steroid dienone is 1. The van der Waals surface area contributed by atoms with Crippen molar-refractivity contribution in [1.82, 2.24) is 10.2 Å². The maximum atomic E-state index is 13.1. The van der Waals surface area contributed by atoms with Crippen LogP contribution in [0.25, 0.3) is 0 Å². The van der Waals surface area contributed by atoms with Gasteiger partial charge in [-0.05, 0) is 67.0 Å². The lowest BCUT2D eigenvalue weighted by atomic mass is 9.87. The van der Waals surface area contributed by atoms with Crippen molar-refractivity contribution in [1.29, 1.82) is 0 Å². The third-order valence-corrected chi connectivity index (χ3v) is 6.25. The largest absolute Gasteiger partial charge is 0.482 e. The highest BCUT2D eigenvalue weighted by atomic mass is 127. The average molecular weight is 570 g/mol. The molecule has 2 amide bonds. The van der Waals surface area contributed by atoms with E-state index in [1.807, 2.05) is 38.1 Å². The van der Waals surface area contributed by atoms with Crippen LogP contribution in [0.5, 0.6) is 5.75 Å². The van der Waals surface area contributed by atoms with Crippen molar-refractivity contribution in [2.75, 3.05) is 19.7 Å². The van der Waals surface area contributed by atoms with Crippen molar-refractivity contribution in [2.24, 2.45) is 5.92 Å². The predicted molar refractivity (Wildman–Crippen MR) is 137 cm³/mol. The molecule has 0 bridgehead atoms. The van der Waals surface area contributed by atoms with Gasteiger partial charge in [0.05, 0.1) is 16.2 Å². The molecule has 3 unspecified atom stereocenters. The van der Waals surface area contributed by atoms with Crippen LogP contribution in [0.4, 0.5) is 0 Å². The molecule has 0 saturated heterocycles. The highest BCUT2D eigenvalue weighted by Crippen LogP contribution is 2.30. The second-order valence-electron chi connectivity index (χ2n) is 8.88. The van der Waals surface area contributed by atoms with Gasteiger partial charge in [-0.3, -0.25) is 9.59 Å². The number of nitrogens with zero attached hydrogens (tertiary/aromatic N) is 1. The summed E-state index contributed by atoms with van der Waals surface area (Å²) >= 11 is 2.16. The number of aliphatic hydroxyl groups excluding tert-OH is 2. The Morgan fingerprint density at radius 1 is 1.30 bits per heavy atom. The first kappa shape index (κ1) is 27.3.